The van der Waals surface area contributed by atoms with Crippen LogP contribution in [-0.4, -0.2) is 89.6 Å². The van der Waals surface area contributed by atoms with Gasteiger partial charge in [-0.2, -0.15) is 79.0 Å². The van der Waals surface area contributed by atoms with Crippen molar-refractivity contribution in [1.82, 2.24) is 0 Å². The van der Waals surface area contributed by atoms with Gasteiger partial charge in [-0.1, -0.05) is 0 Å². The summed E-state index contributed by atoms with van der Waals surface area (Å²) >= 11 is 0. The lowest BCUT2D eigenvalue weighted by molar-refractivity contribution is -0.569. The zero-order chi connectivity index (χ0) is 31.2. The van der Waals surface area contributed by atoms with Crippen molar-refractivity contribution < 1.29 is 109 Å². The van der Waals surface area contributed by atoms with Gasteiger partial charge in [-0.25, -0.2) is 14.2 Å². The minimum atomic E-state index is -7.72. The molecular weight excluding hydrogens is 606 g/mol. The molecule has 0 saturated carbocycles. The highest BCUT2D eigenvalue weighted by molar-refractivity contribution is 5.01. The first-order valence-electron chi connectivity index (χ1n) is 8.64. The summed E-state index contributed by atoms with van der Waals surface area (Å²) in [5.74, 6) is -19.1. The number of ether oxygens (including phenoxy) is 3. The second-order valence-electron chi connectivity index (χ2n) is 7.12. The van der Waals surface area contributed by atoms with E-state index in [1.54, 1.807) is 0 Å². The van der Waals surface area contributed by atoms with Crippen LogP contribution in [0.3, 0.4) is 0 Å². The van der Waals surface area contributed by atoms with Crippen LogP contribution in [0.25, 0.3) is 0 Å². The lowest BCUT2D eigenvalue weighted by atomic mass is 9.85. The average molecular weight is 618 g/mol. The highest BCUT2D eigenvalue weighted by Gasteiger charge is 2.86. The summed E-state index contributed by atoms with van der Waals surface area (Å²) in [4.78, 5) is 0. The van der Waals surface area contributed by atoms with Gasteiger partial charge in [-0.15, -0.1) is 0 Å². The monoisotopic (exact) mass is 618 g/mol. The molecule has 0 bridgehead atoms. The summed E-state index contributed by atoms with van der Waals surface area (Å²) in [6, 6.07) is 0. The van der Waals surface area contributed by atoms with Crippen molar-refractivity contribution in [3.63, 3.8) is 0 Å². The predicted molar refractivity (Wildman–Crippen MR) is 77.1 cm³/mol. The Kier molecular flexibility index (Phi) is 9.76. The molecular formula is C14H12F18O6. The molecule has 0 unspecified atom stereocenters. The number of halogens is 18. The molecule has 0 aromatic rings. The van der Waals surface area contributed by atoms with Gasteiger partial charge < -0.3 is 15.3 Å². The van der Waals surface area contributed by atoms with Crippen molar-refractivity contribution >= 4 is 0 Å². The zero-order valence-corrected chi connectivity index (χ0v) is 17.5. The SMILES string of the molecule is CC(C(F)(F)OC(F)(F)C(F)(F)CO)(C(F)(F)OC(F)(F)C(F)(F)CO)C(F)(F)OC(F)(F)C(F)(F)CO. The van der Waals surface area contributed by atoms with Crippen LogP contribution in [0.1, 0.15) is 6.92 Å². The van der Waals surface area contributed by atoms with E-state index in [0.29, 0.717) is 0 Å². The highest BCUT2D eigenvalue weighted by atomic mass is 19.4. The Labute approximate surface area is 196 Å². The number of rotatable bonds is 15. The van der Waals surface area contributed by atoms with Gasteiger partial charge in [0, 0.05) is 0 Å². The molecule has 6 nitrogen and oxygen atoms in total. The lowest BCUT2D eigenvalue weighted by Gasteiger charge is -2.47. The molecule has 0 rings (SSSR count). The van der Waals surface area contributed by atoms with Crippen LogP contribution in [-0.2, 0) is 14.2 Å². The number of alkyl halides is 18. The van der Waals surface area contributed by atoms with Crippen LogP contribution in [0.5, 0.6) is 0 Å². The third-order valence-corrected chi connectivity index (χ3v) is 4.39. The van der Waals surface area contributed by atoms with Crippen LogP contribution in [0.2, 0.25) is 0 Å². The van der Waals surface area contributed by atoms with E-state index in [1.165, 1.54) is 0 Å². The van der Waals surface area contributed by atoms with Crippen LogP contribution >= 0.6 is 0 Å². The third-order valence-electron chi connectivity index (χ3n) is 4.39. The molecule has 0 saturated heterocycles. The fourth-order valence-corrected chi connectivity index (χ4v) is 1.80. The Morgan fingerprint density at radius 1 is 0.368 bits per heavy atom. The second kappa shape index (κ2) is 10.2. The molecule has 0 aliphatic carbocycles. The fraction of sp³-hybridized carbons (Fsp3) is 1.00. The maximum Gasteiger partial charge on any atom is 0.426 e. The smallest absolute Gasteiger partial charge is 0.390 e. The summed E-state index contributed by atoms with van der Waals surface area (Å²) in [6.07, 6.45) is -44.5. The quantitative estimate of drug-likeness (QED) is 0.235. The van der Waals surface area contributed by atoms with Crippen molar-refractivity contribution in [1.29, 1.82) is 0 Å². The molecule has 0 aliphatic heterocycles. The van der Waals surface area contributed by atoms with E-state index in [1.807, 2.05) is 14.2 Å². The molecule has 0 heterocycles. The van der Waals surface area contributed by atoms with Crippen molar-refractivity contribution in [2.45, 2.75) is 61.3 Å². The van der Waals surface area contributed by atoms with Gasteiger partial charge in [0.05, 0.1) is 0 Å². The van der Waals surface area contributed by atoms with Gasteiger partial charge >= 0.3 is 54.4 Å². The molecule has 0 aliphatic rings. The molecule has 0 amide bonds. The first-order valence-corrected chi connectivity index (χ1v) is 8.64. The first-order chi connectivity index (χ1) is 16.3. The van der Waals surface area contributed by atoms with E-state index in [4.69, 9.17) is 15.3 Å². The van der Waals surface area contributed by atoms with Crippen LogP contribution < -0.4 is 0 Å². The van der Waals surface area contributed by atoms with E-state index < -0.39 is 86.6 Å². The molecule has 0 radical (unpaired) electrons. The summed E-state index contributed by atoms with van der Waals surface area (Å²) in [7, 11) is 0. The minimum Gasteiger partial charge on any atom is -0.390 e. The van der Waals surface area contributed by atoms with Gasteiger partial charge in [-0.05, 0) is 6.92 Å². The Hall–Kier alpha value is -1.50. The highest BCUT2D eigenvalue weighted by Crippen LogP contribution is 2.63. The Bertz CT molecular complexity index is 713. The maximum absolute atomic E-state index is 14.3. The van der Waals surface area contributed by atoms with Gasteiger partial charge in [0.2, 0.25) is 5.41 Å². The lowest BCUT2D eigenvalue weighted by Crippen LogP contribution is -2.70. The Morgan fingerprint density at radius 2 is 0.526 bits per heavy atom. The molecule has 3 N–H and O–H groups in total. The van der Waals surface area contributed by atoms with Gasteiger partial charge in [-0.3, -0.25) is 0 Å². The van der Waals surface area contributed by atoms with E-state index in [2.05, 4.69) is 0 Å². The standard InChI is InChI=1S/C14H12F18O6/c1-5(9(21,22)36-12(27,28)6(15,16)2-33,10(23,24)37-13(29,30)7(17,18)3-34)11(25,26)38-14(31,32)8(19,20)4-35/h33-35H,2-4H2,1H3. The topological polar surface area (TPSA) is 88.4 Å². The fourth-order valence-electron chi connectivity index (χ4n) is 1.80. The van der Waals surface area contributed by atoms with Crippen LogP contribution in [0.15, 0.2) is 0 Å². The van der Waals surface area contributed by atoms with Crippen molar-refractivity contribution in [2.24, 2.45) is 5.41 Å². The summed E-state index contributed by atoms with van der Waals surface area (Å²) < 4.78 is 250. The van der Waals surface area contributed by atoms with Gasteiger partial charge in [0.25, 0.3) is 0 Å². The van der Waals surface area contributed by atoms with E-state index in [9.17, 15) is 79.0 Å². The van der Waals surface area contributed by atoms with Gasteiger partial charge in [0.1, 0.15) is 19.8 Å². The zero-order valence-electron chi connectivity index (χ0n) is 17.5. The van der Waals surface area contributed by atoms with E-state index in [-0.39, 0.29) is 0 Å². The minimum absolute atomic E-state index is 1.81. The summed E-state index contributed by atoms with van der Waals surface area (Å²) in [5.41, 5.74) is -7.24. The molecule has 0 fully saturated rings. The van der Waals surface area contributed by atoms with Crippen molar-refractivity contribution in [3.8, 4) is 0 Å². The number of hydrogen-bond donors (Lipinski definition) is 3. The molecule has 0 aromatic heterocycles. The normalized spacial score (nSPS) is 16.3. The summed E-state index contributed by atoms with van der Waals surface area (Å²) in [6.45, 7) is -11.6. The van der Waals surface area contributed by atoms with Crippen molar-refractivity contribution in [2.75, 3.05) is 19.8 Å². The summed E-state index contributed by atoms with van der Waals surface area (Å²) in [5, 5.41) is 24.2. The molecule has 24 heteroatoms. The number of aliphatic hydroxyl groups excluding tert-OH is 3. The largest absolute Gasteiger partial charge is 0.426 e. The molecule has 38 heavy (non-hydrogen) atoms. The van der Waals surface area contributed by atoms with Crippen LogP contribution in [0.4, 0.5) is 79.0 Å². The predicted octanol–water partition coefficient (Wildman–Crippen LogP) is 4.48. The average Bonchev–Trinajstić information content (AvgIpc) is 2.69. The van der Waals surface area contributed by atoms with E-state index >= 15 is 0 Å². The Morgan fingerprint density at radius 3 is 0.658 bits per heavy atom. The number of hydrogen-bond acceptors (Lipinski definition) is 6. The van der Waals surface area contributed by atoms with Gasteiger partial charge in [0.15, 0.2) is 0 Å². The van der Waals surface area contributed by atoms with Crippen molar-refractivity contribution in [3.05, 3.63) is 0 Å². The molecule has 0 aromatic carbocycles. The molecule has 230 valence electrons. The molecule has 0 spiro atoms. The maximum atomic E-state index is 14.3. The molecule has 0 atom stereocenters. The Balaban J connectivity index is 7.31. The third kappa shape index (κ3) is 6.13. The first kappa shape index (κ1) is 36.5. The van der Waals surface area contributed by atoms with E-state index in [0.717, 1.165) is 0 Å². The number of aliphatic hydroxyl groups is 3. The second-order valence-corrected chi connectivity index (χ2v) is 7.12. The van der Waals surface area contributed by atoms with Crippen LogP contribution in [0, 0.1) is 5.41 Å².